The molecule has 1 aromatic rings. The Bertz CT molecular complexity index is 336. The third-order valence-electron chi connectivity index (χ3n) is 1.92. The average Bonchev–Trinajstić information content (AvgIpc) is 2.17. The number of carbonyl (C=O) groups is 1. The minimum absolute atomic E-state index is 0.0200. The second kappa shape index (κ2) is 5.24. The zero-order chi connectivity index (χ0) is 11.3. The molecule has 0 spiro atoms. The zero-order valence-corrected chi connectivity index (χ0v) is 8.93. The van der Waals surface area contributed by atoms with Crippen molar-refractivity contribution in [2.45, 2.75) is 6.42 Å². The van der Waals surface area contributed by atoms with Crippen molar-refractivity contribution in [2.24, 2.45) is 0 Å². The molecule has 4 heteroatoms. The largest absolute Gasteiger partial charge is 0.493 e. The van der Waals surface area contributed by atoms with Gasteiger partial charge in [-0.3, -0.25) is 4.79 Å². The number of nitrogens with zero attached hydrogens (tertiary/aromatic N) is 1. The first-order valence-corrected chi connectivity index (χ1v) is 4.71. The average molecular weight is 209 g/mol. The first-order chi connectivity index (χ1) is 7.09. The van der Waals surface area contributed by atoms with E-state index >= 15 is 0 Å². The Kier molecular flexibility index (Phi) is 3.97. The van der Waals surface area contributed by atoms with Crippen LogP contribution in [0.5, 0.6) is 5.75 Å². The van der Waals surface area contributed by atoms with Crippen LogP contribution in [-0.4, -0.2) is 31.8 Å². The summed E-state index contributed by atoms with van der Waals surface area (Å²) in [5.41, 5.74) is 1.03. The third kappa shape index (κ3) is 3.89. The summed E-state index contributed by atoms with van der Waals surface area (Å²) in [6, 6.07) is 7.53. The Morgan fingerprint density at radius 3 is 2.80 bits per heavy atom. The van der Waals surface area contributed by atoms with Crippen molar-refractivity contribution in [3.63, 3.8) is 0 Å². The molecule has 0 aliphatic rings. The van der Waals surface area contributed by atoms with E-state index in [1.54, 1.807) is 0 Å². The maximum atomic E-state index is 10.3. The molecule has 0 aliphatic heterocycles. The molecule has 15 heavy (non-hydrogen) atoms. The molecule has 0 unspecified atom stereocenters. The van der Waals surface area contributed by atoms with Crippen LogP contribution in [0.2, 0.25) is 0 Å². The predicted molar refractivity (Wildman–Crippen MR) is 58.5 cm³/mol. The molecule has 0 atom stereocenters. The quantitative estimate of drug-likeness (QED) is 0.800. The van der Waals surface area contributed by atoms with Crippen LogP contribution in [-0.2, 0) is 4.79 Å². The highest BCUT2D eigenvalue weighted by Gasteiger charge is 2.00. The fourth-order valence-corrected chi connectivity index (χ4v) is 1.11. The molecule has 0 radical (unpaired) electrons. The Morgan fingerprint density at radius 1 is 1.47 bits per heavy atom. The van der Waals surface area contributed by atoms with Crippen LogP contribution in [0.25, 0.3) is 0 Å². The van der Waals surface area contributed by atoms with E-state index in [9.17, 15) is 4.79 Å². The lowest BCUT2D eigenvalue weighted by Crippen LogP contribution is -2.09. The number of hydrogen-bond acceptors (Lipinski definition) is 3. The molecule has 82 valence electrons. The van der Waals surface area contributed by atoms with Crippen molar-refractivity contribution in [1.82, 2.24) is 0 Å². The summed E-state index contributed by atoms with van der Waals surface area (Å²) in [5.74, 6) is -0.152. The first-order valence-electron chi connectivity index (χ1n) is 4.71. The smallest absolute Gasteiger partial charge is 0.306 e. The number of ether oxygens (including phenoxy) is 1. The molecule has 0 fully saturated rings. The predicted octanol–water partition coefficient (Wildman–Crippen LogP) is 1.61. The van der Waals surface area contributed by atoms with Gasteiger partial charge in [-0.25, -0.2) is 0 Å². The minimum Gasteiger partial charge on any atom is -0.493 e. The molecule has 0 saturated heterocycles. The highest BCUT2D eigenvalue weighted by atomic mass is 16.5. The van der Waals surface area contributed by atoms with Gasteiger partial charge in [0.2, 0.25) is 0 Å². The van der Waals surface area contributed by atoms with E-state index in [4.69, 9.17) is 9.84 Å². The Morgan fingerprint density at radius 2 is 2.20 bits per heavy atom. The first kappa shape index (κ1) is 11.4. The van der Waals surface area contributed by atoms with Gasteiger partial charge in [-0.1, -0.05) is 6.07 Å². The van der Waals surface area contributed by atoms with Crippen LogP contribution in [0.3, 0.4) is 0 Å². The third-order valence-corrected chi connectivity index (χ3v) is 1.92. The molecule has 0 saturated carbocycles. The molecule has 4 nitrogen and oxygen atoms in total. The fraction of sp³-hybridized carbons (Fsp3) is 0.364. The van der Waals surface area contributed by atoms with E-state index in [0.717, 1.165) is 5.69 Å². The summed E-state index contributed by atoms with van der Waals surface area (Å²) in [5, 5.41) is 8.45. The number of anilines is 1. The Balaban J connectivity index is 2.54. The minimum atomic E-state index is -0.848. The molecule has 0 aliphatic carbocycles. The number of carboxylic acid groups (broad SMARTS) is 1. The Hall–Kier alpha value is -1.71. The van der Waals surface area contributed by atoms with E-state index in [1.807, 2.05) is 43.3 Å². The van der Waals surface area contributed by atoms with Crippen molar-refractivity contribution in [3.8, 4) is 5.75 Å². The van der Waals surface area contributed by atoms with Crippen molar-refractivity contribution in [1.29, 1.82) is 0 Å². The maximum absolute atomic E-state index is 10.3. The van der Waals surface area contributed by atoms with Gasteiger partial charge >= 0.3 is 5.97 Å². The standard InChI is InChI=1S/C11H15NO3/c1-12(2)9-4-3-5-10(8-9)15-7-6-11(13)14/h3-5,8H,6-7H2,1-2H3,(H,13,14). The number of benzene rings is 1. The molecule has 1 rings (SSSR count). The summed E-state index contributed by atoms with van der Waals surface area (Å²) >= 11 is 0. The molecule has 0 bridgehead atoms. The van der Waals surface area contributed by atoms with E-state index in [0.29, 0.717) is 5.75 Å². The lowest BCUT2D eigenvalue weighted by Gasteiger charge is -2.13. The van der Waals surface area contributed by atoms with Crippen LogP contribution < -0.4 is 9.64 Å². The van der Waals surface area contributed by atoms with Gasteiger partial charge in [0.25, 0.3) is 0 Å². The molecule has 1 aromatic carbocycles. The number of rotatable bonds is 5. The van der Waals surface area contributed by atoms with E-state index in [-0.39, 0.29) is 13.0 Å². The number of hydrogen-bond donors (Lipinski definition) is 1. The summed E-state index contributed by atoms with van der Waals surface area (Å²) < 4.78 is 5.30. The Labute approximate surface area is 89.1 Å². The van der Waals surface area contributed by atoms with Gasteiger partial charge in [0.1, 0.15) is 5.75 Å². The van der Waals surface area contributed by atoms with E-state index < -0.39 is 5.97 Å². The van der Waals surface area contributed by atoms with Crippen LogP contribution in [0.1, 0.15) is 6.42 Å². The molecular weight excluding hydrogens is 194 g/mol. The van der Waals surface area contributed by atoms with Crippen LogP contribution in [0.15, 0.2) is 24.3 Å². The highest BCUT2D eigenvalue weighted by molar-refractivity contribution is 5.66. The van der Waals surface area contributed by atoms with Gasteiger partial charge in [0.05, 0.1) is 13.0 Å². The molecule has 0 aromatic heterocycles. The van der Waals surface area contributed by atoms with Gasteiger partial charge in [0, 0.05) is 25.8 Å². The van der Waals surface area contributed by atoms with Gasteiger partial charge in [0.15, 0.2) is 0 Å². The monoisotopic (exact) mass is 209 g/mol. The normalized spacial score (nSPS) is 9.73. The summed E-state index contributed by atoms with van der Waals surface area (Å²) in [6.45, 7) is 0.201. The number of aliphatic carboxylic acids is 1. The fourth-order valence-electron chi connectivity index (χ4n) is 1.11. The van der Waals surface area contributed by atoms with Crippen molar-refractivity contribution in [3.05, 3.63) is 24.3 Å². The van der Waals surface area contributed by atoms with Crippen molar-refractivity contribution >= 4 is 11.7 Å². The molecular formula is C11H15NO3. The van der Waals surface area contributed by atoms with E-state index in [1.165, 1.54) is 0 Å². The van der Waals surface area contributed by atoms with Gasteiger partial charge in [-0.05, 0) is 12.1 Å². The second-order valence-electron chi connectivity index (χ2n) is 3.38. The summed E-state index contributed by atoms with van der Waals surface area (Å²) in [6.07, 6.45) is 0.0200. The summed E-state index contributed by atoms with van der Waals surface area (Å²) in [7, 11) is 3.88. The zero-order valence-electron chi connectivity index (χ0n) is 8.93. The maximum Gasteiger partial charge on any atom is 0.306 e. The van der Waals surface area contributed by atoms with Crippen LogP contribution >= 0.6 is 0 Å². The highest BCUT2D eigenvalue weighted by Crippen LogP contribution is 2.19. The number of carboxylic acids is 1. The molecule has 0 amide bonds. The van der Waals surface area contributed by atoms with Gasteiger partial charge in [-0.15, -0.1) is 0 Å². The second-order valence-corrected chi connectivity index (χ2v) is 3.38. The van der Waals surface area contributed by atoms with Crippen LogP contribution in [0.4, 0.5) is 5.69 Å². The molecule has 0 heterocycles. The van der Waals surface area contributed by atoms with E-state index in [2.05, 4.69) is 0 Å². The van der Waals surface area contributed by atoms with Crippen molar-refractivity contribution in [2.75, 3.05) is 25.6 Å². The van der Waals surface area contributed by atoms with Gasteiger partial charge in [-0.2, -0.15) is 0 Å². The lowest BCUT2D eigenvalue weighted by molar-refractivity contribution is -0.137. The van der Waals surface area contributed by atoms with Gasteiger partial charge < -0.3 is 14.7 Å². The van der Waals surface area contributed by atoms with Crippen molar-refractivity contribution < 1.29 is 14.6 Å². The molecule has 1 N–H and O–H groups in total. The lowest BCUT2D eigenvalue weighted by atomic mass is 10.3. The summed E-state index contributed by atoms with van der Waals surface area (Å²) in [4.78, 5) is 12.2. The topological polar surface area (TPSA) is 49.8 Å². The van der Waals surface area contributed by atoms with Crippen LogP contribution in [0, 0.1) is 0 Å². The SMILES string of the molecule is CN(C)c1cccc(OCCC(=O)O)c1.